The number of carbonyl (C=O) groups excluding carboxylic acids is 2. The van der Waals surface area contributed by atoms with Crippen LogP contribution in [-0.2, 0) is 19.9 Å². The van der Waals surface area contributed by atoms with Crippen LogP contribution >= 0.6 is 35.1 Å². The smallest absolute Gasteiger partial charge is 0.409 e. The fraction of sp³-hybridized carbons (Fsp3) is 0.375. The lowest BCUT2D eigenvalue weighted by molar-refractivity contribution is -0.160. The summed E-state index contributed by atoms with van der Waals surface area (Å²) in [5.41, 5.74) is -0.00690. The number of halogens is 6. The summed E-state index contributed by atoms with van der Waals surface area (Å²) in [4.78, 5) is 26.5. The third kappa shape index (κ3) is 3.71. The molecule has 2 aromatic carbocycles. The summed E-state index contributed by atoms with van der Waals surface area (Å²) >= 11 is 11.9. The minimum Gasteiger partial charge on any atom is -0.447 e. The van der Waals surface area contributed by atoms with Gasteiger partial charge >= 0.3 is 12.1 Å². The predicted octanol–water partition coefficient (Wildman–Crippen LogP) is 6.30. The van der Waals surface area contributed by atoms with Gasteiger partial charge in [0.1, 0.15) is 0 Å². The zero-order chi connectivity index (χ0) is 26.2. The zero-order valence-corrected chi connectivity index (χ0v) is 21.2. The van der Waals surface area contributed by atoms with Gasteiger partial charge in [0.2, 0.25) is 5.91 Å². The minimum absolute atomic E-state index is 0.0522. The highest BCUT2D eigenvalue weighted by Crippen LogP contribution is 2.57. The number of rotatable bonds is 3. The van der Waals surface area contributed by atoms with Crippen molar-refractivity contribution >= 4 is 52.7 Å². The second-order valence-electron chi connectivity index (χ2n) is 9.38. The predicted molar refractivity (Wildman–Crippen MR) is 128 cm³/mol. The number of esters is 1. The zero-order valence-electron chi connectivity index (χ0n) is 18.9. The van der Waals surface area contributed by atoms with Crippen LogP contribution in [0.3, 0.4) is 0 Å². The van der Waals surface area contributed by atoms with Crippen LogP contribution in [0, 0.1) is 11.7 Å². The van der Waals surface area contributed by atoms with Gasteiger partial charge in [0.15, 0.2) is 16.2 Å². The molecule has 1 spiro atoms. The van der Waals surface area contributed by atoms with E-state index in [4.69, 9.17) is 27.9 Å². The van der Waals surface area contributed by atoms with Crippen molar-refractivity contribution in [1.29, 1.82) is 0 Å². The molecule has 0 saturated carbocycles. The highest BCUT2D eigenvalue weighted by Gasteiger charge is 2.61. The fourth-order valence-electron chi connectivity index (χ4n) is 4.75. The molecule has 0 radical (unpaired) electrons. The number of benzene rings is 2. The van der Waals surface area contributed by atoms with Crippen molar-refractivity contribution in [2.45, 2.75) is 36.8 Å². The van der Waals surface area contributed by atoms with E-state index in [1.165, 1.54) is 6.07 Å². The third-order valence-electron chi connectivity index (χ3n) is 6.69. The molecule has 3 aliphatic heterocycles. The molecule has 0 N–H and O–H groups in total. The Labute approximate surface area is 217 Å². The number of ether oxygens (including phenoxy) is 1. The van der Waals surface area contributed by atoms with E-state index in [1.54, 1.807) is 30.9 Å². The van der Waals surface area contributed by atoms with Crippen LogP contribution in [0.25, 0.3) is 0 Å². The lowest BCUT2D eigenvalue weighted by Gasteiger charge is -2.47. The standard InChI is InChI=1S/C24H18Cl2F4N2O3S/c1-11(2)20(33)32-9-22(10-32)15-4-3-12(5-14(15)21(34)35-22)18-8-23(36-31-18,24(28,29)30)13-6-16(25)19(27)17(26)7-13/h3-7,11H,8-10H2,1-2H3. The average molecular weight is 561 g/mol. The highest BCUT2D eigenvalue weighted by atomic mass is 35.5. The molecular weight excluding hydrogens is 543 g/mol. The van der Waals surface area contributed by atoms with Gasteiger partial charge in [0.25, 0.3) is 0 Å². The van der Waals surface area contributed by atoms with Crippen molar-refractivity contribution in [3.8, 4) is 0 Å². The largest absolute Gasteiger partial charge is 0.447 e. The number of carbonyl (C=O) groups is 2. The van der Waals surface area contributed by atoms with Crippen molar-refractivity contribution in [2.24, 2.45) is 10.3 Å². The number of likely N-dealkylation sites (tertiary alicyclic amines) is 1. The SMILES string of the molecule is CC(C)C(=O)N1CC2(C1)OC(=O)c1cc(C3=NSC(c4cc(Cl)c(F)c(Cl)c4)(C(F)(F)F)C3)ccc12. The van der Waals surface area contributed by atoms with E-state index in [9.17, 15) is 27.2 Å². The Morgan fingerprint density at radius 1 is 1.17 bits per heavy atom. The van der Waals surface area contributed by atoms with Gasteiger partial charge in [0.05, 0.1) is 34.4 Å². The Morgan fingerprint density at radius 2 is 1.81 bits per heavy atom. The minimum atomic E-state index is -4.77. The third-order valence-corrected chi connectivity index (χ3v) is 8.47. The molecule has 0 aromatic heterocycles. The lowest BCUT2D eigenvalue weighted by Crippen LogP contribution is -2.62. The molecule has 1 fully saturated rings. The highest BCUT2D eigenvalue weighted by molar-refractivity contribution is 7.99. The Hall–Kier alpha value is -2.30. The first-order chi connectivity index (χ1) is 16.8. The molecule has 3 aliphatic rings. The number of nitrogens with zero attached hydrogens (tertiary/aromatic N) is 2. The molecule has 0 aliphatic carbocycles. The summed E-state index contributed by atoms with van der Waals surface area (Å²) in [6.07, 6.45) is -5.35. The van der Waals surface area contributed by atoms with Crippen molar-refractivity contribution in [3.63, 3.8) is 0 Å². The molecule has 5 rings (SSSR count). The molecule has 2 aromatic rings. The summed E-state index contributed by atoms with van der Waals surface area (Å²) in [6.45, 7) is 4.01. The van der Waals surface area contributed by atoms with Crippen LogP contribution in [0.1, 0.15) is 47.3 Å². The van der Waals surface area contributed by atoms with E-state index in [1.807, 2.05) is 0 Å². The van der Waals surface area contributed by atoms with E-state index in [0.29, 0.717) is 23.1 Å². The van der Waals surface area contributed by atoms with Gasteiger partial charge < -0.3 is 9.64 Å². The molecule has 1 atom stereocenters. The molecule has 190 valence electrons. The summed E-state index contributed by atoms with van der Waals surface area (Å²) in [7, 11) is 0. The van der Waals surface area contributed by atoms with Crippen molar-refractivity contribution < 1.29 is 31.9 Å². The summed E-state index contributed by atoms with van der Waals surface area (Å²) in [6, 6.07) is 6.51. The van der Waals surface area contributed by atoms with Crippen molar-refractivity contribution in [1.82, 2.24) is 4.90 Å². The number of amides is 1. The Kier molecular flexibility index (Phi) is 5.89. The molecule has 3 heterocycles. The molecule has 0 bridgehead atoms. The van der Waals surface area contributed by atoms with E-state index < -0.39 is 44.8 Å². The van der Waals surface area contributed by atoms with Gasteiger partial charge in [-0.25, -0.2) is 13.6 Å². The van der Waals surface area contributed by atoms with Gasteiger partial charge in [-0.2, -0.15) is 13.2 Å². The first-order valence-corrected chi connectivity index (χ1v) is 12.4. The normalized spacial score (nSPS) is 22.5. The van der Waals surface area contributed by atoms with Gasteiger partial charge in [-0.1, -0.05) is 49.2 Å². The number of fused-ring (bicyclic) bond motifs is 2. The van der Waals surface area contributed by atoms with Crippen LogP contribution in [-0.4, -0.2) is 41.8 Å². The van der Waals surface area contributed by atoms with Crippen LogP contribution in [0.15, 0.2) is 34.7 Å². The van der Waals surface area contributed by atoms with Crippen LogP contribution in [0.2, 0.25) is 10.0 Å². The van der Waals surface area contributed by atoms with Crippen LogP contribution in [0.4, 0.5) is 17.6 Å². The van der Waals surface area contributed by atoms with E-state index in [-0.39, 0.29) is 41.8 Å². The number of hydrogen-bond donors (Lipinski definition) is 0. The molecule has 5 nitrogen and oxygen atoms in total. The number of alkyl halides is 3. The van der Waals surface area contributed by atoms with Crippen molar-refractivity contribution in [3.05, 3.63) is 68.4 Å². The van der Waals surface area contributed by atoms with Gasteiger partial charge in [-0.05, 0) is 41.3 Å². The van der Waals surface area contributed by atoms with E-state index >= 15 is 0 Å². The Balaban J connectivity index is 1.45. The molecule has 1 unspecified atom stereocenters. The maximum atomic E-state index is 14.4. The van der Waals surface area contributed by atoms with Crippen molar-refractivity contribution in [2.75, 3.05) is 13.1 Å². The monoisotopic (exact) mass is 560 g/mol. The lowest BCUT2D eigenvalue weighted by atomic mass is 9.83. The van der Waals surface area contributed by atoms with E-state index in [2.05, 4.69) is 4.40 Å². The van der Waals surface area contributed by atoms with Crippen LogP contribution < -0.4 is 0 Å². The quantitative estimate of drug-likeness (QED) is 0.191. The maximum absolute atomic E-state index is 14.4. The summed E-state index contributed by atoms with van der Waals surface area (Å²) in [5.74, 6) is -1.85. The molecule has 1 amide bonds. The van der Waals surface area contributed by atoms with Gasteiger partial charge in [-0.3, -0.25) is 4.79 Å². The molecule has 1 saturated heterocycles. The first kappa shape index (κ1) is 25.4. The molecular formula is C24H18Cl2F4N2O3S. The second-order valence-corrected chi connectivity index (χ2v) is 11.3. The molecule has 36 heavy (non-hydrogen) atoms. The summed E-state index contributed by atoms with van der Waals surface area (Å²) in [5, 5.41) is -1.04. The fourth-order valence-corrected chi connectivity index (χ4v) is 6.20. The average Bonchev–Trinajstić information content (AvgIpc) is 3.36. The second kappa shape index (κ2) is 8.36. The van der Waals surface area contributed by atoms with Gasteiger partial charge in [0, 0.05) is 17.9 Å². The van der Waals surface area contributed by atoms with E-state index in [0.717, 1.165) is 12.1 Å². The van der Waals surface area contributed by atoms with Crippen LogP contribution in [0.5, 0.6) is 0 Å². The first-order valence-electron chi connectivity index (χ1n) is 10.9. The van der Waals surface area contributed by atoms with Gasteiger partial charge in [-0.15, -0.1) is 0 Å². The Bertz CT molecular complexity index is 1320. The topological polar surface area (TPSA) is 59.0 Å². The molecule has 12 heteroatoms. The summed E-state index contributed by atoms with van der Waals surface area (Å²) < 4.78 is 64.2. The number of hydrogen-bond acceptors (Lipinski definition) is 5. The maximum Gasteiger partial charge on any atom is 0.409 e. The Morgan fingerprint density at radius 3 is 2.39 bits per heavy atom.